The normalized spacial score (nSPS) is 23.4. The third-order valence-corrected chi connectivity index (χ3v) is 8.24. The summed E-state index contributed by atoms with van der Waals surface area (Å²) >= 11 is 0. The molecule has 5 rings (SSSR count). The van der Waals surface area contributed by atoms with Crippen LogP contribution in [0.1, 0.15) is 81.8 Å². The molecule has 0 unspecified atom stereocenters. The first kappa shape index (κ1) is 27.8. The lowest BCUT2D eigenvalue weighted by atomic mass is 9.87. The van der Waals surface area contributed by atoms with Crippen molar-refractivity contribution in [2.75, 3.05) is 0 Å². The number of esters is 1. The molecular formula is C32H35FN2O5. The monoisotopic (exact) mass is 546 g/mol. The molecule has 4 atom stereocenters. The Bertz CT molecular complexity index is 1420. The Balaban J connectivity index is 1.29. The molecule has 0 aromatic heterocycles. The summed E-state index contributed by atoms with van der Waals surface area (Å²) in [6.07, 6.45) is 2.00. The predicted molar refractivity (Wildman–Crippen MR) is 146 cm³/mol. The van der Waals surface area contributed by atoms with E-state index in [-0.39, 0.29) is 30.6 Å². The molecule has 0 N–H and O–H groups in total. The second-order valence-corrected chi connectivity index (χ2v) is 12.7. The molecule has 8 heteroatoms. The van der Waals surface area contributed by atoms with Crippen LogP contribution < -0.4 is 0 Å². The van der Waals surface area contributed by atoms with Gasteiger partial charge in [0.05, 0.1) is 23.6 Å². The molecule has 0 spiro atoms. The van der Waals surface area contributed by atoms with Crippen LogP contribution in [-0.2, 0) is 26.3 Å². The van der Waals surface area contributed by atoms with Crippen LogP contribution in [-0.4, -0.2) is 40.4 Å². The summed E-state index contributed by atoms with van der Waals surface area (Å²) in [5.41, 5.74) is 1.50. The van der Waals surface area contributed by atoms with Gasteiger partial charge in [-0.05, 0) is 95.0 Å². The van der Waals surface area contributed by atoms with E-state index in [2.05, 4.69) is 6.07 Å². The molecule has 1 amide bonds. The number of carbonyl (C=O) groups is 3. The van der Waals surface area contributed by atoms with Gasteiger partial charge in [-0.1, -0.05) is 24.3 Å². The highest BCUT2D eigenvalue weighted by Crippen LogP contribution is 2.44. The molecule has 1 saturated carbocycles. The Hall–Kier alpha value is -3.73. The number of Topliss-reactive ketones (excluding diaryl/α,β-unsaturated/α-hetero) is 1. The highest BCUT2D eigenvalue weighted by atomic mass is 19.1. The van der Waals surface area contributed by atoms with Gasteiger partial charge in [-0.3, -0.25) is 9.69 Å². The third-order valence-electron chi connectivity index (χ3n) is 8.24. The number of ether oxygens (including phenoxy) is 2. The summed E-state index contributed by atoms with van der Waals surface area (Å²) in [5.74, 6) is -1.72. The number of likely N-dealkylation sites (tertiary alicyclic amines) is 1. The smallest absolute Gasteiger partial charge is 0.411 e. The number of piperidine rings is 1. The van der Waals surface area contributed by atoms with Gasteiger partial charge in [0.2, 0.25) is 0 Å². The Kier molecular flexibility index (Phi) is 6.98. The molecular weight excluding hydrogens is 511 g/mol. The zero-order valence-corrected chi connectivity index (χ0v) is 23.6. The fourth-order valence-electron chi connectivity index (χ4n) is 6.42. The van der Waals surface area contributed by atoms with Gasteiger partial charge in [-0.2, -0.15) is 5.26 Å². The number of hydrogen-bond donors (Lipinski definition) is 0. The van der Waals surface area contributed by atoms with Gasteiger partial charge >= 0.3 is 12.1 Å². The lowest BCUT2D eigenvalue weighted by Crippen LogP contribution is -2.51. The first-order valence-electron chi connectivity index (χ1n) is 13.9. The van der Waals surface area contributed by atoms with Crippen LogP contribution in [0.4, 0.5) is 9.18 Å². The van der Waals surface area contributed by atoms with E-state index in [1.165, 1.54) is 6.07 Å². The highest BCUT2D eigenvalue weighted by Gasteiger charge is 2.52. The lowest BCUT2D eigenvalue weighted by Gasteiger charge is -2.35. The number of cyclic esters (lactones) is 1. The van der Waals surface area contributed by atoms with Crippen LogP contribution in [0.5, 0.6) is 0 Å². The summed E-state index contributed by atoms with van der Waals surface area (Å²) in [5, 5.41) is 9.85. The fraction of sp³-hybridized carbons (Fsp3) is 0.500. The van der Waals surface area contributed by atoms with Gasteiger partial charge in [0.15, 0.2) is 5.78 Å². The maximum atomic E-state index is 15.2. The van der Waals surface area contributed by atoms with E-state index in [0.717, 1.165) is 24.8 Å². The summed E-state index contributed by atoms with van der Waals surface area (Å²) in [6, 6.07) is 11.7. The SMILES string of the molecule is CC(C)(C)OC(=O)N1[C@@H]2CC[C@@H](C2)[C@H]1C(=O)C[C@H](C#N)Cc1ccc(-c2ccc3c(c2)C(=O)OC3(C)C)cc1F. The zero-order valence-electron chi connectivity index (χ0n) is 23.6. The van der Waals surface area contributed by atoms with Crippen molar-refractivity contribution in [3.63, 3.8) is 0 Å². The second kappa shape index (κ2) is 10.0. The van der Waals surface area contributed by atoms with Crippen molar-refractivity contribution in [3.05, 3.63) is 58.9 Å². The summed E-state index contributed by atoms with van der Waals surface area (Å²) in [6.45, 7) is 9.03. The van der Waals surface area contributed by atoms with Crippen LogP contribution >= 0.6 is 0 Å². The number of ketones is 1. The van der Waals surface area contributed by atoms with E-state index in [1.54, 1.807) is 43.9 Å². The number of halogens is 1. The van der Waals surface area contributed by atoms with Crippen LogP contribution in [0.15, 0.2) is 36.4 Å². The molecule has 7 nitrogen and oxygen atoms in total. The Morgan fingerprint density at radius 2 is 1.88 bits per heavy atom. The molecule has 2 heterocycles. The minimum Gasteiger partial charge on any atom is -0.451 e. The molecule has 2 aromatic rings. The third kappa shape index (κ3) is 5.22. The molecule has 40 heavy (non-hydrogen) atoms. The van der Waals surface area contributed by atoms with Gasteiger partial charge in [-0.15, -0.1) is 0 Å². The maximum absolute atomic E-state index is 15.2. The lowest BCUT2D eigenvalue weighted by molar-refractivity contribution is -0.126. The number of amides is 1. The topological polar surface area (TPSA) is 96.7 Å². The minimum atomic E-state index is -0.732. The number of rotatable bonds is 6. The molecule has 0 radical (unpaired) electrons. The van der Waals surface area contributed by atoms with E-state index in [4.69, 9.17) is 9.47 Å². The van der Waals surface area contributed by atoms with Crippen molar-refractivity contribution in [3.8, 4) is 17.2 Å². The van der Waals surface area contributed by atoms with Crippen molar-refractivity contribution in [2.45, 2.75) is 90.0 Å². The minimum absolute atomic E-state index is 0.0218. The molecule has 1 aliphatic carbocycles. The Morgan fingerprint density at radius 3 is 2.55 bits per heavy atom. The van der Waals surface area contributed by atoms with E-state index >= 15 is 4.39 Å². The number of carbonyl (C=O) groups excluding carboxylic acids is 3. The van der Waals surface area contributed by atoms with Crippen molar-refractivity contribution in [1.29, 1.82) is 5.26 Å². The Labute approximate surface area is 234 Å². The van der Waals surface area contributed by atoms with Crippen molar-refractivity contribution in [2.24, 2.45) is 11.8 Å². The van der Waals surface area contributed by atoms with Crippen molar-refractivity contribution in [1.82, 2.24) is 4.90 Å². The number of nitriles is 1. The second-order valence-electron chi connectivity index (χ2n) is 12.7. The van der Waals surface area contributed by atoms with Gasteiger partial charge < -0.3 is 9.47 Å². The first-order valence-corrected chi connectivity index (χ1v) is 13.9. The van der Waals surface area contributed by atoms with Gasteiger partial charge in [-0.25, -0.2) is 14.0 Å². The van der Waals surface area contributed by atoms with Crippen LogP contribution in [0, 0.1) is 29.0 Å². The van der Waals surface area contributed by atoms with Crippen LogP contribution in [0.3, 0.4) is 0 Å². The largest absolute Gasteiger partial charge is 0.451 e. The van der Waals surface area contributed by atoms with E-state index in [1.807, 2.05) is 26.0 Å². The molecule has 1 saturated heterocycles. The van der Waals surface area contributed by atoms with Crippen molar-refractivity contribution < 1.29 is 28.2 Å². The molecule has 2 bridgehead atoms. The van der Waals surface area contributed by atoms with E-state index in [0.29, 0.717) is 22.3 Å². The van der Waals surface area contributed by atoms with Gasteiger partial charge in [0, 0.05) is 18.0 Å². The molecule has 2 aromatic carbocycles. The molecule has 3 aliphatic rings. The van der Waals surface area contributed by atoms with Crippen LogP contribution in [0.2, 0.25) is 0 Å². The van der Waals surface area contributed by atoms with Crippen LogP contribution in [0.25, 0.3) is 11.1 Å². The Morgan fingerprint density at radius 1 is 1.18 bits per heavy atom. The number of fused-ring (bicyclic) bond motifs is 3. The fourth-order valence-corrected chi connectivity index (χ4v) is 6.42. The predicted octanol–water partition coefficient (Wildman–Crippen LogP) is 6.33. The highest BCUT2D eigenvalue weighted by molar-refractivity contribution is 5.96. The average Bonchev–Trinajstić information content (AvgIpc) is 3.55. The summed E-state index contributed by atoms with van der Waals surface area (Å²) in [4.78, 5) is 40.2. The summed E-state index contributed by atoms with van der Waals surface area (Å²) < 4.78 is 26.3. The quantitative estimate of drug-likeness (QED) is 0.393. The number of nitrogens with zero attached hydrogens (tertiary/aromatic N) is 2. The average molecular weight is 547 g/mol. The maximum Gasteiger partial charge on any atom is 0.411 e. The molecule has 2 aliphatic heterocycles. The van der Waals surface area contributed by atoms with Crippen molar-refractivity contribution >= 4 is 17.8 Å². The van der Waals surface area contributed by atoms with E-state index < -0.39 is 41.0 Å². The molecule has 210 valence electrons. The number of hydrogen-bond acceptors (Lipinski definition) is 6. The zero-order chi connectivity index (χ0) is 29.0. The number of benzene rings is 2. The van der Waals surface area contributed by atoms with Gasteiger partial charge in [0.1, 0.15) is 17.0 Å². The van der Waals surface area contributed by atoms with E-state index in [9.17, 15) is 19.6 Å². The first-order chi connectivity index (χ1) is 18.8. The molecule has 2 fully saturated rings. The standard InChI is InChI=1S/C32H35FN2O5/c1-31(2,3)40-30(38)35-23-10-8-22(14-23)28(35)27(36)13-18(17-34)12-21-7-6-20(16-26(21)33)19-9-11-25-24(15-19)29(37)39-32(25,4)5/h6-7,9,11,15-16,18,22-23,28H,8,10,12-14H2,1-5H3/t18-,22+,23-,28+/m1/s1. The van der Waals surface area contributed by atoms with Gasteiger partial charge in [0.25, 0.3) is 0 Å². The summed E-state index contributed by atoms with van der Waals surface area (Å²) in [7, 11) is 0.